The summed E-state index contributed by atoms with van der Waals surface area (Å²) in [5, 5.41) is 2.79. The molecule has 5 nitrogen and oxygen atoms in total. The number of para-hydroxylation sites is 1. The Balaban J connectivity index is 1.65. The molecule has 1 aromatic heterocycles. The minimum atomic E-state index is -0.272. The van der Waals surface area contributed by atoms with Crippen molar-refractivity contribution >= 4 is 17.4 Å². The van der Waals surface area contributed by atoms with E-state index in [0.29, 0.717) is 0 Å². The maximum absolute atomic E-state index is 12.2. The van der Waals surface area contributed by atoms with Crippen molar-refractivity contribution in [2.24, 2.45) is 0 Å². The van der Waals surface area contributed by atoms with Crippen molar-refractivity contribution in [1.29, 1.82) is 0 Å². The molecule has 0 atom stereocenters. The van der Waals surface area contributed by atoms with Crippen LogP contribution in [-0.2, 0) is 6.54 Å². The number of hydrogen-bond acceptors (Lipinski definition) is 4. The zero-order valence-electron chi connectivity index (χ0n) is 13.4. The summed E-state index contributed by atoms with van der Waals surface area (Å²) in [5.74, 6) is 0.445. The van der Waals surface area contributed by atoms with Crippen molar-refractivity contribution in [1.82, 2.24) is 9.97 Å². The van der Waals surface area contributed by atoms with Gasteiger partial charge in [0.1, 0.15) is 11.5 Å². The molecule has 1 amide bonds. The number of carbonyl (C=O) groups is 1. The lowest BCUT2D eigenvalue weighted by Crippen LogP contribution is -2.19. The Labute approximate surface area is 141 Å². The molecular weight excluding hydrogens is 300 g/mol. The van der Waals surface area contributed by atoms with Gasteiger partial charge in [-0.3, -0.25) is 4.79 Å². The Morgan fingerprint density at radius 2 is 1.62 bits per heavy atom. The standard InChI is InChI=1S/C19H18N4O/c1-23(14-15-8-4-2-5-9-15)18-13-20-17(12-21-18)19(24)22-16-10-6-3-7-11-16/h2-13H,14H2,1H3,(H,22,24). The second-order valence-electron chi connectivity index (χ2n) is 5.42. The Morgan fingerprint density at radius 3 is 2.25 bits per heavy atom. The number of hydrogen-bond donors (Lipinski definition) is 1. The number of nitrogens with one attached hydrogen (secondary N) is 1. The van der Waals surface area contributed by atoms with E-state index in [1.54, 1.807) is 6.20 Å². The summed E-state index contributed by atoms with van der Waals surface area (Å²) in [4.78, 5) is 22.7. The van der Waals surface area contributed by atoms with E-state index < -0.39 is 0 Å². The normalized spacial score (nSPS) is 10.2. The molecule has 0 aliphatic carbocycles. The summed E-state index contributed by atoms with van der Waals surface area (Å²) in [6.45, 7) is 0.727. The molecule has 5 heteroatoms. The quantitative estimate of drug-likeness (QED) is 0.783. The van der Waals surface area contributed by atoms with Gasteiger partial charge in [-0.25, -0.2) is 9.97 Å². The van der Waals surface area contributed by atoms with Crippen molar-refractivity contribution in [2.45, 2.75) is 6.54 Å². The van der Waals surface area contributed by atoms with E-state index in [0.717, 1.165) is 18.1 Å². The van der Waals surface area contributed by atoms with Gasteiger partial charge in [-0.05, 0) is 17.7 Å². The van der Waals surface area contributed by atoms with Crippen LogP contribution in [0.4, 0.5) is 11.5 Å². The first kappa shape index (κ1) is 15.7. The summed E-state index contributed by atoms with van der Waals surface area (Å²) < 4.78 is 0. The van der Waals surface area contributed by atoms with Gasteiger partial charge >= 0.3 is 0 Å². The summed E-state index contributed by atoms with van der Waals surface area (Å²) in [7, 11) is 1.95. The number of nitrogens with zero attached hydrogens (tertiary/aromatic N) is 3. The van der Waals surface area contributed by atoms with Crippen LogP contribution in [0.5, 0.6) is 0 Å². The maximum atomic E-state index is 12.2. The molecule has 0 bridgehead atoms. The molecule has 0 spiro atoms. The van der Waals surface area contributed by atoms with E-state index in [4.69, 9.17) is 0 Å². The van der Waals surface area contributed by atoms with Crippen molar-refractivity contribution in [3.63, 3.8) is 0 Å². The van der Waals surface area contributed by atoms with Gasteiger partial charge in [-0.2, -0.15) is 0 Å². The molecule has 0 fully saturated rings. The van der Waals surface area contributed by atoms with Crippen LogP contribution in [0.2, 0.25) is 0 Å². The van der Waals surface area contributed by atoms with E-state index in [1.807, 2.05) is 60.5 Å². The van der Waals surface area contributed by atoms with Crippen molar-refractivity contribution in [3.8, 4) is 0 Å². The van der Waals surface area contributed by atoms with E-state index in [1.165, 1.54) is 11.8 Å². The molecule has 3 rings (SSSR count). The first-order chi connectivity index (χ1) is 11.7. The van der Waals surface area contributed by atoms with Crippen LogP contribution in [0.15, 0.2) is 73.1 Å². The average molecular weight is 318 g/mol. The highest BCUT2D eigenvalue weighted by molar-refractivity contribution is 6.02. The van der Waals surface area contributed by atoms with E-state index in [9.17, 15) is 4.79 Å². The predicted molar refractivity (Wildman–Crippen MR) is 95.0 cm³/mol. The third-order valence-electron chi connectivity index (χ3n) is 3.56. The lowest BCUT2D eigenvalue weighted by Gasteiger charge is -2.17. The molecule has 0 aliphatic rings. The monoisotopic (exact) mass is 318 g/mol. The zero-order chi connectivity index (χ0) is 16.8. The van der Waals surface area contributed by atoms with Crippen LogP contribution >= 0.6 is 0 Å². The third-order valence-corrected chi connectivity index (χ3v) is 3.56. The van der Waals surface area contributed by atoms with Crippen LogP contribution in [0.1, 0.15) is 16.1 Å². The molecule has 24 heavy (non-hydrogen) atoms. The van der Waals surface area contributed by atoms with Crippen molar-refractivity contribution < 1.29 is 4.79 Å². The van der Waals surface area contributed by atoms with Crippen LogP contribution in [0.25, 0.3) is 0 Å². The second kappa shape index (κ2) is 7.37. The second-order valence-corrected chi connectivity index (χ2v) is 5.42. The molecule has 2 aromatic carbocycles. The van der Waals surface area contributed by atoms with Gasteiger partial charge < -0.3 is 10.2 Å². The SMILES string of the molecule is CN(Cc1ccccc1)c1cnc(C(=O)Nc2ccccc2)cn1. The number of rotatable bonds is 5. The van der Waals surface area contributed by atoms with Gasteiger partial charge in [0.15, 0.2) is 0 Å². The average Bonchev–Trinajstić information content (AvgIpc) is 2.63. The fourth-order valence-electron chi connectivity index (χ4n) is 2.29. The molecule has 3 aromatic rings. The summed E-state index contributed by atoms with van der Waals surface area (Å²) in [5.41, 5.74) is 2.21. The Hall–Kier alpha value is -3.21. The van der Waals surface area contributed by atoms with E-state index in [2.05, 4.69) is 27.4 Å². The van der Waals surface area contributed by atoms with Gasteiger partial charge in [-0.1, -0.05) is 48.5 Å². The fourth-order valence-corrected chi connectivity index (χ4v) is 2.29. The minimum Gasteiger partial charge on any atom is -0.354 e. The fraction of sp³-hybridized carbons (Fsp3) is 0.105. The summed E-state index contributed by atoms with van der Waals surface area (Å²) >= 11 is 0. The first-order valence-corrected chi connectivity index (χ1v) is 7.66. The van der Waals surface area contributed by atoms with Gasteiger partial charge in [0.05, 0.1) is 12.4 Å². The topological polar surface area (TPSA) is 58.1 Å². The number of amides is 1. The maximum Gasteiger partial charge on any atom is 0.275 e. The Kier molecular flexibility index (Phi) is 4.81. The molecule has 1 N–H and O–H groups in total. The largest absolute Gasteiger partial charge is 0.354 e. The van der Waals surface area contributed by atoms with Gasteiger partial charge in [0.2, 0.25) is 0 Å². The first-order valence-electron chi connectivity index (χ1n) is 7.66. The highest BCUT2D eigenvalue weighted by Crippen LogP contribution is 2.12. The molecule has 0 saturated carbocycles. The molecule has 0 saturated heterocycles. The highest BCUT2D eigenvalue weighted by atomic mass is 16.1. The number of benzene rings is 2. The summed E-state index contributed by atoms with van der Waals surface area (Å²) in [6.07, 6.45) is 3.11. The molecule has 0 unspecified atom stereocenters. The lowest BCUT2D eigenvalue weighted by atomic mass is 10.2. The van der Waals surface area contributed by atoms with Crippen LogP contribution in [-0.4, -0.2) is 22.9 Å². The van der Waals surface area contributed by atoms with Gasteiger partial charge in [-0.15, -0.1) is 0 Å². The van der Waals surface area contributed by atoms with Crippen LogP contribution in [0.3, 0.4) is 0 Å². The Bertz CT molecular complexity index is 789. The zero-order valence-corrected chi connectivity index (χ0v) is 13.4. The van der Waals surface area contributed by atoms with Crippen LogP contribution in [0, 0.1) is 0 Å². The molecular formula is C19H18N4O. The summed E-state index contributed by atoms with van der Waals surface area (Å²) in [6, 6.07) is 19.4. The number of aromatic nitrogens is 2. The molecule has 120 valence electrons. The molecule has 0 aliphatic heterocycles. The van der Waals surface area contributed by atoms with Gasteiger partial charge in [0.25, 0.3) is 5.91 Å². The smallest absolute Gasteiger partial charge is 0.275 e. The predicted octanol–water partition coefficient (Wildman–Crippen LogP) is 3.37. The third kappa shape index (κ3) is 3.95. The number of carbonyl (C=O) groups excluding carboxylic acids is 1. The molecule has 0 radical (unpaired) electrons. The van der Waals surface area contributed by atoms with Crippen molar-refractivity contribution in [2.75, 3.05) is 17.3 Å². The minimum absolute atomic E-state index is 0.272. The highest BCUT2D eigenvalue weighted by Gasteiger charge is 2.10. The van der Waals surface area contributed by atoms with E-state index in [-0.39, 0.29) is 11.6 Å². The van der Waals surface area contributed by atoms with Crippen LogP contribution < -0.4 is 10.2 Å². The number of anilines is 2. The Morgan fingerprint density at radius 1 is 0.958 bits per heavy atom. The molecule has 1 heterocycles. The van der Waals surface area contributed by atoms with Gasteiger partial charge in [0, 0.05) is 19.3 Å². The van der Waals surface area contributed by atoms with Crippen molar-refractivity contribution in [3.05, 3.63) is 84.3 Å². The van der Waals surface area contributed by atoms with E-state index >= 15 is 0 Å². The lowest BCUT2D eigenvalue weighted by molar-refractivity contribution is 0.102.